The highest BCUT2D eigenvalue weighted by Crippen LogP contribution is 2.31. The predicted molar refractivity (Wildman–Crippen MR) is 77.6 cm³/mol. The molecule has 0 fully saturated rings. The van der Waals surface area contributed by atoms with Crippen LogP contribution in [0.15, 0.2) is 18.2 Å². The van der Waals surface area contributed by atoms with E-state index in [0.717, 1.165) is 19.6 Å². The van der Waals surface area contributed by atoms with E-state index in [1.54, 1.807) is 7.11 Å². The molecule has 0 radical (unpaired) electrons. The number of methoxy groups -OCH3 is 1. The number of rotatable bonds is 8. The molecule has 0 spiro atoms. The first-order valence-corrected chi connectivity index (χ1v) is 7.21. The van der Waals surface area contributed by atoms with Crippen LogP contribution in [0.25, 0.3) is 0 Å². The van der Waals surface area contributed by atoms with Crippen molar-refractivity contribution >= 4 is 0 Å². The maximum Gasteiger partial charge on any atom is 0.0700 e. The molecule has 0 amide bonds. The summed E-state index contributed by atoms with van der Waals surface area (Å²) in [7, 11) is 1.70. The first-order valence-electron chi connectivity index (χ1n) is 7.21. The first kappa shape index (κ1) is 14.5. The van der Waals surface area contributed by atoms with Gasteiger partial charge in [0.25, 0.3) is 0 Å². The molecule has 0 aromatic heterocycles. The van der Waals surface area contributed by atoms with Gasteiger partial charge in [0.1, 0.15) is 0 Å². The lowest BCUT2D eigenvalue weighted by Crippen LogP contribution is -2.21. The summed E-state index contributed by atoms with van der Waals surface area (Å²) >= 11 is 0. The molecule has 0 bridgehead atoms. The van der Waals surface area contributed by atoms with E-state index in [2.05, 4.69) is 30.4 Å². The number of hydrogen-bond donors (Lipinski definition) is 1. The lowest BCUT2D eigenvalue weighted by Gasteiger charge is -2.14. The molecule has 1 aliphatic rings. The van der Waals surface area contributed by atoms with Crippen LogP contribution in [0.2, 0.25) is 0 Å². The third-order valence-corrected chi connectivity index (χ3v) is 3.67. The third kappa shape index (κ3) is 4.30. The fraction of sp³-hybridized carbons (Fsp3) is 0.625. The van der Waals surface area contributed by atoms with Gasteiger partial charge in [0.2, 0.25) is 0 Å². The SMILES string of the molecule is COCCOCCCNC1CCc2ccc(C)cc21. The van der Waals surface area contributed by atoms with Crippen molar-refractivity contribution in [3.05, 3.63) is 34.9 Å². The number of fused-ring (bicyclic) bond motifs is 1. The molecule has 3 heteroatoms. The average molecular weight is 263 g/mol. The normalized spacial score (nSPS) is 17.7. The lowest BCUT2D eigenvalue weighted by molar-refractivity contribution is 0.0692. The molecule has 1 atom stereocenters. The molecule has 1 N–H and O–H groups in total. The number of nitrogens with one attached hydrogen (secondary N) is 1. The maximum atomic E-state index is 5.46. The van der Waals surface area contributed by atoms with Crippen molar-refractivity contribution in [1.82, 2.24) is 5.32 Å². The summed E-state index contributed by atoms with van der Waals surface area (Å²) in [5.41, 5.74) is 4.37. The summed E-state index contributed by atoms with van der Waals surface area (Å²) in [5, 5.41) is 3.64. The molecule has 2 rings (SSSR count). The second kappa shape index (κ2) is 7.63. The molecular weight excluding hydrogens is 238 g/mol. The van der Waals surface area contributed by atoms with Gasteiger partial charge in [0.05, 0.1) is 13.2 Å². The van der Waals surface area contributed by atoms with Gasteiger partial charge < -0.3 is 14.8 Å². The van der Waals surface area contributed by atoms with Crippen molar-refractivity contribution < 1.29 is 9.47 Å². The van der Waals surface area contributed by atoms with E-state index in [9.17, 15) is 0 Å². The largest absolute Gasteiger partial charge is 0.382 e. The number of benzene rings is 1. The minimum absolute atomic E-state index is 0.536. The molecule has 0 heterocycles. The van der Waals surface area contributed by atoms with Crippen LogP contribution in [-0.4, -0.2) is 33.5 Å². The molecule has 0 aliphatic heterocycles. The fourth-order valence-electron chi connectivity index (χ4n) is 2.63. The molecule has 1 aromatic carbocycles. The van der Waals surface area contributed by atoms with E-state index < -0.39 is 0 Å². The van der Waals surface area contributed by atoms with E-state index in [1.807, 2.05) is 0 Å². The lowest BCUT2D eigenvalue weighted by atomic mass is 10.1. The Hall–Kier alpha value is -0.900. The number of hydrogen-bond acceptors (Lipinski definition) is 3. The Morgan fingerprint density at radius 3 is 3.00 bits per heavy atom. The summed E-state index contributed by atoms with van der Waals surface area (Å²) in [4.78, 5) is 0. The predicted octanol–water partition coefficient (Wildman–Crippen LogP) is 2.63. The molecule has 19 heavy (non-hydrogen) atoms. The van der Waals surface area contributed by atoms with Gasteiger partial charge in [-0.25, -0.2) is 0 Å². The molecule has 3 nitrogen and oxygen atoms in total. The Bertz CT molecular complexity index is 392. The van der Waals surface area contributed by atoms with Crippen LogP contribution in [-0.2, 0) is 15.9 Å². The van der Waals surface area contributed by atoms with E-state index in [0.29, 0.717) is 19.3 Å². The minimum atomic E-state index is 0.536. The highest BCUT2D eigenvalue weighted by molar-refractivity contribution is 5.37. The zero-order valence-electron chi connectivity index (χ0n) is 12.1. The highest BCUT2D eigenvalue weighted by atomic mass is 16.5. The Balaban J connectivity index is 1.67. The second-order valence-corrected chi connectivity index (χ2v) is 5.21. The quantitative estimate of drug-likeness (QED) is 0.731. The van der Waals surface area contributed by atoms with Crippen LogP contribution >= 0.6 is 0 Å². The van der Waals surface area contributed by atoms with Crippen molar-refractivity contribution in [2.45, 2.75) is 32.2 Å². The maximum absolute atomic E-state index is 5.46. The van der Waals surface area contributed by atoms with Crippen LogP contribution < -0.4 is 5.32 Å². The molecule has 1 aliphatic carbocycles. The summed E-state index contributed by atoms with van der Waals surface area (Å²) in [6.07, 6.45) is 3.49. The van der Waals surface area contributed by atoms with Crippen molar-refractivity contribution in [1.29, 1.82) is 0 Å². The van der Waals surface area contributed by atoms with E-state index in [1.165, 1.54) is 29.5 Å². The summed E-state index contributed by atoms with van der Waals surface area (Å²) in [5.74, 6) is 0. The first-order chi connectivity index (χ1) is 9.31. The van der Waals surface area contributed by atoms with E-state index >= 15 is 0 Å². The van der Waals surface area contributed by atoms with Crippen molar-refractivity contribution in [3.8, 4) is 0 Å². The molecule has 106 valence electrons. The standard InChI is InChI=1S/C16H25NO2/c1-13-4-5-14-6-7-16(15(14)12-13)17-8-3-9-19-11-10-18-2/h4-5,12,16-17H,3,6-11H2,1-2H3. The zero-order valence-corrected chi connectivity index (χ0v) is 12.1. The fourth-order valence-corrected chi connectivity index (χ4v) is 2.63. The minimum Gasteiger partial charge on any atom is -0.382 e. The van der Waals surface area contributed by atoms with Gasteiger partial charge in [-0.2, -0.15) is 0 Å². The Labute approximate surface area is 116 Å². The number of aryl methyl sites for hydroxylation is 2. The Morgan fingerprint density at radius 2 is 2.16 bits per heavy atom. The smallest absolute Gasteiger partial charge is 0.0700 e. The van der Waals surface area contributed by atoms with Crippen molar-refractivity contribution in [2.75, 3.05) is 33.5 Å². The summed E-state index contributed by atoms with van der Waals surface area (Å²) in [6, 6.07) is 7.36. The van der Waals surface area contributed by atoms with Crippen LogP contribution in [0.5, 0.6) is 0 Å². The monoisotopic (exact) mass is 263 g/mol. The second-order valence-electron chi connectivity index (χ2n) is 5.21. The summed E-state index contributed by atoms with van der Waals surface area (Å²) in [6.45, 7) is 5.37. The van der Waals surface area contributed by atoms with E-state index in [4.69, 9.17) is 9.47 Å². The zero-order chi connectivity index (χ0) is 13.5. The third-order valence-electron chi connectivity index (χ3n) is 3.67. The Kier molecular flexibility index (Phi) is 5.83. The van der Waals surface area contributed by atoms with E-state index in [-0.39, 0.29) is 0 Å². The topological polar surface area (TPSA) is 30.5 Å². The average Bonchev–Trinajstić information content (AvgIpc) is 2.80. The van der Waals surface area contributed by atoms with Crippen LogP contribution in [0.1, 0.15) is 35.6 Å². The van der Waals surface area contributed by atoms with Gasteiger partial charge in [-0.15, -0.1) is 0 Å². The van der Waals surface area contributed by atoms with Gasteiger partial charge >= 0.3 is 0 Å². The molecular formula is C16H25NO2. The number of ether oxygens (including phenoxy) is 2. The van der Waals surface area contributed by atoms with Gasteiger partial charge in [0.15, 0.2) is 0 Å². The van der Waals surface area contributed by atoms with Gasteiger partial charge in [0, 0.05) is 19.8 Å². The molecule has 1 aromatic rings. The van der Waals surface area contributed by atoms with Gasteiger partial charge in [-0.3, -0.25) is 0 Å². The van der Waals surface area contributed by atoms with Gasteiger partial charge in [-0.1, -0.05) is 23.8 Å². The summed E-state index contributed by atoms with van der Waals surface area (Å²) < 4.78 is 10.4. The van der Waals surface area contributed by atoms with Gasteiger partial charge in [-0.05, 0) is 43.9 Å². The molecule has 0 saturated carbocycles. The van der Waals surface area contributed by atoms with Crippen LogP contribution in [0, 0.1) is 6.92 Å². The van der Waals surface area contributed by atoms with Crippen LogP contribution in [0.4, 0.5) is 0 Å². The highest BCUT2D eigenvalue weighted by Gasteiger charge is 2.21. The van der Waals surface area contributed by atoms with Crippen LogP contribution in [0.3, 0.4) is 0 Å². The van der Waals surface area contributed by atoms with Crippen molar-refractivity contribution in [2.24, 2.45) is 0 Å². The molecule has 0 saturated heterocycles. The molecule has 1 unspecified atom stereocenters. The van der Waals surface area contributed by atoms with Crippen molar-refractivity contribution in [3.63, 3.8) is 0 Å². The Morgan fingerprint density at radius 1 is 1.26 bits per heavy atom.